The van der Waals surface area contributed by atoms with Crippen LogP contribution in [-0.2, 0) is 0 Å². The van der Waals surface area contributed by atoms with E-state index in [0.717, 1.165) is 10.2 Å². The van der Waals surface area contributed by atoms with Gasteiger partial charge in [0.1, 0.15) is 4.83 Å². The number of carbonyl (C=O) groups is 1. The van der Waals surface area contributed by atoms with E-state index in [1.54, 1.807) is 13.2 Å². The standard InChI is InChI=1S/C11H10N6OS/c1-13-11-15-9(7-2-3-19-10(7)16-11)17-5-6(4-14-17)8(12)18/h2-5H,1H3,(H2,12,18)(H,13,15,16). The van der Waals surface area contributed by atoms with Gasteiger partial charge in [0.05, 0.1) is 17.1 Å². The fourth-order valence-electron chi connectivity index (χ4n) is 1.69. The molecule has 0 radical (unpaired) electrons. The minimum absolute atomic E-state index is 0.341. The highest BCUT2D eigenvalue weighted by Gasteiger charge is 2.12. The topological polar surface area (TPSA) is 98.7 Å². The fourth-order valence-corrected chi connectivity index (χ4v) is 2.45. The number of fused-ring (bicyclic) bond motifs is 1. The Morgan fingerprint density at radius 2 is 2.32 bits per heavy atom. The van der Waals surface area contributed by atoms with Gasteiger partial charge in [-0.2, -0.15) is 10.1 Å². The summed E-state index contributed by atoms with van der Waals surface area (Å²) >= 11 is 1.51. The lowest BCUT2D eigenvalue weighted by atomic mass is 10.3. The number of nitrogens with two attached hydrogens (primary N) is 1. The molecule has 3 heterocycles. The third-order valence-electron chi connectivity index (χ3n) is 2.61. The summed E-state index contributed by atoms with van der Waals surface area (Å²) in [5.74, 6) is 0.597. The monoisotopic (exact) mass is 274 g/mol. The van der Waals surface area contributed by atoms with E-state index in [4.69, 9.17) is 5.73 Å². The second-order valence-electron chi connectivity index (χ2n) is 3.80. The van der Waals surface area contributed by atoms with E-state index in [9.17, 15) is 4.79 Å². The van der Waals surface area contributed by atoms with Crippen molar-refractivity contribution in [3.8, 4) is 5.82 Å². The van der Waals surface area contributed by atoms with Crippen molar-refractivity contribution in [3.05, 3.63) is 29.4 Å². The molecule has 19 heavy (non-hydrogen) atoms. The molecule has 0 spiro atoms. The first-order chi connectivity index (χ1) is 9.19. The first-order valence-corrected chi connectivity index (χ1v) is 6.35. The van der Waals surface area contributed by atoms with E-state index in [1.165, 1.54) is 22.2 Å². The number of thiophene rings is 1. The van der Waals surface area contributed by atoms with Gasteiger partial charge in [-0.05, 0) is 11.4 Å². The average molecular weight is 274 g/mol. The molecular weight excluding hydrogens is 264 g/mol. The predicted molar refractivity (Wildman–Crippen MR) is 72.6 cm³/mol. The maximum absolute atomic E-state index is 11.1. The molecule has 0 bridgehead atoms. The van der Waals surface area contributed by atoms with Gasteiger partial charge in [0.2, 0.25) is 5.95 Å². The van der Waals surface area contributed by atoms with Crippen LogP contribution in [0.15, 0.2) is 23.8 Å². The molecule has 0 saturated heterocycles. The number of nitrogens with one attached hydrogen (secondary N) is 1. The number of hydrogen-bond acceptors (Lipinski definition) is 6. The molecule has 1 amide bonds. The third-order valence-corrected chi connectivity index (χ3v) is 3.42. The van der Waals surface area contributed by atoms with E-state index in [1.807, 2.05) is 11.4 Å². The molecule has 3 aromatic rings. The molecule has 0 atom stereocenters. The molecule has 3 aromatic heterocycles. The Balaban J connectivity index is 2.21. The Hall–Kier alpha value is -2.48. The van der Waals surface area contributed by atoms with Gasteiger partial charge in [-0.3, -0.25) is 4.79 Å². The number of aromatic nitrogens is 4. The van der Waals surface area contributed by atoms with Crippen LogP contribution >= 0.6 is 11.3 Å². The van der Waals surface area contributed by atoms with E-state index in [-0.39, 0.29) is 0 Å². The number of primary amides is 1. The number of anilines is 1. The quantitative estimate of drug-likeness (QED) is 0.743. The highest BCUT2D eigenvalue weighted by molar-refractivity contribution is 7.16. The largest absolute Gasteiger partial charge is 0.366 e. The minimum Gasteiger partial charge on any atom is -0.366 e. The van der Waals surface area contributed by atoms with Crippen LogP contribution in [0, 0.1) is 0 Å². The summed E-state index contributed by atoms with van der Waals surface area (Å²) in [5, 5.41) is 9.82. The van der Waals surface area contributed by atoms with Crippen molar-refractivity contribution in [1.29, 1.82) is 0 Å². The molecule has 0 saturated carbocycles. The number of carbonyl (C=O) groups excluding carboxylic acids is 1. The SMILES string of the molecule is CNc1nc(-n2cc(C(N)=O)cn2)c2ccsc2n1. The van der Waals surface area contributed by atoms with Crippen LogP contribution in [0.2, 0.25) is 0 Å². The molecule has 0 fully saturated rings. The molecule has 8 heteroatoms. The Kier molecular flexibility index (Phi) is 2.64. The Labute approximate surface area is 112 Å². The predicted octanol–water partition coefficient (Wildman–Crippen LogP) is 1.02. The zero-order valence-corrected chi connectivity index (χ0v) is 10.8. The van der Waals surface area contributed by atoms with Crippen LogP contribution in [0.25, 0.3) is 16.0 Å². The van der Waals surface area contributed by atoms with Crippen molar-refractivity contribution in [2.45, 2.75) is 0 Å². The minimum atomic E-state index is -0.518. The van der Waals surface area contributed by atoms with Gasteiger partial charge in [-0.1, -0.05) is 0 Å². The van der Waals surface area contributed by atoms with Crippen LogP contribution in [0.5, 0.6) is 0 Å². The van der Waals surface area contributed by atoms with Crippen LogP contribution in [0.1, 0.15) is 10.4 Å². The van der Waals surface area contributed by atoms with Gasteiger partial charge in [0.15, 0.2) is 5.82 Å². The summed E-state index contributed by atoms with van der Waals surface area (Å²) in [4.78, 5) is 20.7. The third kappa shape index (κ3) is 1.91. The molecular formula is C11H10N6OS. The van der Waals surface area contributed by atoms with Gasteiger partial charge in [-0.25, -0.2) is 9.67 Å². The summed E-state index contributed by atoms with van der Waals surface area (Å²) in [6.45, 7) is 0. The summed E-state index contributed by atoms with van der Waals surface area (Å²) in [6, 6.07) is 1.92. The molecule has 7 nitrogen and oxygen atoms in total. The summed E-state index contributed by atoms with van der Waals surface area (Å²) < 4.78 is 1.53. The second-order valence-corrected chi connectivity index (χ2v) is 4.69. The van der Waals surface area contributed by atoms with Crippen LogP contribution < -0.4 is 11.1 Å². The lowest BCUT2D eigenvalue weighted by Crippen LogP contribution is -2.09. The lowest BCUT2D eigenvalue weighted by molar-refractivity contribution is 0.100. The van der Waals surface area contributed by atoms with Crippen molar-refractivity contribution in [2.75, 3.05) is 12.4 Å². The van der Waals surface area contributed by atoms with Crippen molar-refractivity contribution in [1.82, 2.24) is 19.7 Å². The molecule has 0 aromatic carbocycles. The van der Waals surface area contributed by atoms with E-state index >= 15 is 0 Å². The van der Waals surface area contributed by atoms with Gasteiger partial charge < -0.3 is 11.1 Å². The van der Waals surface area contributed by atoms with Gasteiger partial charge in [-0.15, -0.1) is 11.3 Å². The average Bonchev–Trinajstić information content (AvgIpc) is 3.06. The molecule has 3 rings (SSSR count). The Morgan fingerprint density at radius 3 is 3.00 bits per heavy atom. The highest BCUT2D eigenvalue weighted by atomic mass is 32.1. The maximum Gasteiger partial charge on any atom is 0.251 e. The van der Waals surface area contributed by atoms with Crippen molar-refractivity contribution >= 4 is 33.4 Å². The van der Waals surface area contributed by atoms with Crippen molar-refractivity contribution < 1.29 is 4.79 Å². The maximum atomic E-state index is 11.1. The summed E-state index contributed by atoms with van der Waals surface area (Å²) in [5.41, 5.74) is 5.56. The highest BCUT2D eigenvalue weighted by Crippen LogP contribution is 2.25. The first kappa shape index (κ1) is 11.6. The second kappa shape index (κ2) is 4.32. The fraction of sp³-hybridized carbons (Fsp3) is 0.0909. The van der Waals surface area contributed by atoms with Gasteiger partial charge in [0.25, 0.3) is 5.91 Å². The molecule has 96 valence electrons. The number of nitrogens with zero attached hydrogens (tertiary/aromatic N) is 4. The first-order valence-electron chi connectivity index (χ1n) is 5.47. The van der Waals surface area contributed by atoms with Crippen LogP contribution in [0.4, 0.5) is 5.95 Å². The van der Waals surface area contributed by atoms with E-state index < -0.39 is 5.91 Å². The molecule has 0 aliphatic carbocycles. The number of hydrogen-bond donors (Lipinski definition) is 2. The van der Waals surface area contributed by atoms with Crippen LogP contribution in [0.3, 0.4) is 0 Å². The van der Waals surface area contributed by atoms with Crippen LogP contribution in [-0.4, -0.2) is 32.7 Å². The van der Waals surface area contributed by atoms with Gasteiger partial charge in [0, 0.05) is 13.2 Å². The summed E-state index contributed by atoms with van der Waals surface area (Å²) in [6.07, 6.45) is 2.98. The molecule has 0 unspecified atom stereocenters. The Morgan fingerprint density at radius 1 is 1.47 bits per heavy atom. The normalized spacial score (nSPS) is 10.8. The molecule has 0 aliphatic heterocycles. The number of amides is 1. The molecule has 3 N–H and O–H groups in total. The number of rotatable bonds is 3. The summed E-state index contributed by atoms with van der Waals surface area (Å²) in [7, 11) is 1.75. The smallest absolute Gasteiger partial charge is 0.251 e. The van der Waals surface area contributed by atoms with Crippen molar-refractivity contribution in [2.24, 2.45) is 5.73 Å². The van der Waals surface area contributed by atoms with E-state index in [2.05, 4.69) is 20.4 Å². The molecule has 0 aliphatic rings. The van der Waals surface area contributed by atoms with E-state index in [0.29, 0.717) is 17.3 Å². The Bertz CT molecular complexity index is 761. The zero-order chi connectivity index (χ0) is 13.4. The lowest BCUT2D eigenvalue weighted by Gasteiger charge is -2.05. The van der Waals surface area contributed by atoms with Crippen molar-refractivity contribution in [3.63, 3.8) is 0 Å². The van der Waals surface area contributed by atoms with Gasteiger partial charge >= 0.3 is 0 Å². The zero-order valence-electron chi connectivity index (χ0n) is 9.99.